The van der Waals surface area contributed by atoms with Crippen LogP contribution in [-0.4, -0.2) is 0 Å². The molecule has 64 valence electrons. The molecule has 0 saturated carbocycles. The predicted molar refractivity (Wildman–Crippen MR) is 57.2 cm³/mol. The van der Waals surface area contributed by atoms with Crippen molar-refractivity contribution in [3.63, 3.8) is 0 Å². The van der Waals surface area contributed by atoms with E-state index in [1.54, 1.807) is 0 Å². The zero-order valence-corrected chi connectivity index (χ0v) is 6.75. The summed E-state index contributed by atoms with van der Waals surface area (Å²) in [6.07, 6.45) is 5.91. The molecule has 0 heteroatoms. The molecule has 12 heavy (non-hydrogen) atoms. The number of hydrogen-bond donors (Lipinski definition) is 0. The van der Waals surface area contributed by atoms with E-state index in [1.807, 2.05) is 31.2 Å². The fourth-order valence-corrected chi connectivity index (χ4v) is 1.05. The molecule has 0 aliphatic heterocycles. The molecule has 0 aromatic heterocycles. The number of hydrogen-bond acceptors (Lipinski definition) is 0. The monoisotopic (exact) mass is 160 g/mol. The van der Waals surface area contributed by atoms with Crippen LogP contribution in [0.5, 0.6) is 0 Å². The van der Waals surface area contributed by atoms with E-state index in [2.05, 4.69) is 24.8 Å². The minimum absolute atomic E-state index is 0. The molecule has 0 radical (unpaired) electrons. The van der Waals surface area contributed by atoms with Crippen molar-refractivity contribution in [2.24, 2.45) is 0 Å². The highest BCUT2D eigenvalue weighted by molar-refractivity contribution is 5.37. The van der Waals surface area contributed by atoms with E-state index in [0.29, 0.717) is 0 Å². The van der Waals surface area contributed by atoms with Crippen molar-refractivity contribution >= 4 is 12.2 Å². The zero-order valence-electron chi connectivity index (χ0n) is 6.75. The third-order valence-corrected chi connectivity index (χ3v) is 1.60. The Labute approximate surface area is 74.6 Å². The van der Waals surface area contributed by atoms with Crippen LogP contribution in [-0.2, 0) is 0 Å². The van der Waals surface area contributed by atoms with Crippen LogP contribution in [0.2, 0.25) is 0 Å². The highest BCUT2D eigenvalue weighted by Gasteiger charge is 1.78. The van der Waals surface area contributed by atoms with Crippen LogP contribution in [0.25, 0.3) is 12.2 Å². The van der Waals surface area contributed by atoms with Gasteiger partial charge in [0, 0.05) is 0 Å². The van der Waals surface area contributed by atoms with Crippen LogP contribution in [0.1, 0.15) is 14.4 Å². The summed E-state index contributed by atoms with van der Waals surface area (Å²) in [7, 11) is 0. The van der Waals surface area contributed by atoms with E-state index in [-0.39, 0.29) is 7.43 Å². The van der Waals surface area contributed by atoms with Gasteiger partial charge in [0.25, 0.3) is 0 Å². The van der Waals surface area contributed by atoms with Crippen LogP contribution < -0.4 is 10.4 Å². The van der Waals surface area contributed by atoms with E-state index < -0.39 is 0 Å². The summed E-state index contributed by atoms with van der Waals surface area (Å²) in [4.78, 5) is 0. The Balaban J connectivity index is 0.00000121. The van der Waals surface area contributed by atoms with Crippen molar-refractivity contribution in [3.8, 4) is 0 Å². The van der Waals surface area contributed by atoms with E-state index in [1.165, 1.54) is 10.4 Å². The fraction of sp³-hybridized carbons (Fsp3) is 0.167. The Morgan fingerprint density at radius 2 is 1.75 bits per heavy atom. The molecular weight excluding hydrogens is 144 g/mol. The first-order valence-corrected chi connectivity index (χ1v) is 3.72. The predicted octanol–water partition coefficient (Wildman–Crippen LogP) is 2.09. The molecule has 0 nitrogen and oxygen atoms in total. The van der Waals surface area contributed by atoms with E-state index >= 15 is 0 Å². The Kier molecular flexibility index (Phi) is 4.78. The van der Waals surface area contributed by atoms with Crippen LogP contribution in [0.3, 0.4) is 0 Å². The SMILES string of the molecule is C.C=C/C=c1/cccc/c1=C/C. The van der Waals surface area contributed by atoms with Gasteiger partial charge in [-0.3, -0.25) is 0 Å². The molecule has 1 aromatic rings. The molecule has 0 saturated heterocycles. The van der Waals surface area contributed by atoms with Crippen molar-refractivity contribution in [2.45, 2.75) is 14.4 Å². The third kappa shape index (κ3) is 2.39. The van der Waals surface area contributed by atoms with Crippen LogP contribution in [0.4, 0.5) is 0 Å². The first-order chi connectivity index (χ1) is 5.38. The van der Waals surface area contributed by atoms with Gasteiger partial charge in [0.2, 0.25) is 0 Å². The number of rotatable bonds is 1. The lowest BCUT2D eigenvalue weighted by atomic mass is 10.2. The van der Waals surface area contributed by atoms with Crippen LogP contribution in [0, 0.1) is 0 Å². The average molecular weight is 160 g/mol. The van der Waals surface area contributed by atoms with E-state index in [0.717, 1.165) is 0 Å². The second-order valence-corrected chi connectivity index (χ2v) is 2.32. The molecular formula is C12H16. The maximum atomic E-state index is 3.66. The third-order valence-electron chi connectivity index (χ3n) is 1.60. The summed E-state index contributed by atoms with van der Waals surface area (Å²) in [5.41, 5.74) is 0. The smallest absolute Gasteiger partial charge is 0.0188 e. The lowest BCUT2D eigenvalue weighted by Gasteiger charge is -1.86. The quantitative estimate of drug-likeness (QED) is 0.590. The molecule has 0 atom stereocenters. The minimum Gasteiger partial charge on any atom is -0.0990 e. The number of benzene rings is 1. The first-order valence-electron chi connectivity index (χ1n) is 3.72. The molecule has 0 heterocycles. The van der Waals surface area contributed by atoms with Gasteiger partial charge < -0.3 is 0 Å². The van der Waals surface area contributed by atoms with Gasteiger partial charge in [0.15, 0.2) is 0 Å². The van der Waals surface area contributed by atoms with Crippen molar-refractivity contribution in [3.05, 3.63) is 47.4 Å². The van der Waals surface area contributed by atoms with Gasteiger partial charge in [-0.05, 0) is 17.4 Å². The lowest BCUT2D eigenvalue weighted by Crippen LogP contribution is -2.22. The highest BCUT2D eigenvalue weighted by Crippen LogP contribution is 1.72. The Morgan fingerprint density at radius 3 is 2.25 bits per heavy atom. The largest absolute Gasteiger partial charge is 0.0990 e. The van der Waals surface area contributed by atoms with E-state index in [4.69, 9.17) is 0 Å². The van der Waals surface area contributed by atoms with Crippen molar-refractivity contribution in [1.82, 2.24) is 0 Å². The molecule has 0 bridgehead atoms. The van der Waals surface area contributed by atoms with Gasteiger partial charge in [-0.25, -0.2) is 0 Å². The van der Waals surface area contributed by atoms with Gasteiger partial charge in [0.05, 0.1) is 0 Å². The molecule has 0 aliphatic rings. The average Bonchev–Trinajstić information content (AvgIpc) is 2.06. The Hall–Kier alpha value is -1.30. The summed E-state index contributed by atoms with van der Waals surface area (Å²) in [5, 5.41) is 2.48. The molecule has 1 rings (SSSR count). The van der Waals surface area contributed by atoms with Gasteiger partial charge in [0.1, 0.15) is 0 Å². The summed E-state index contributed by atoms with van der Waals surface area (Å²) in [5.74, 6) is 0. The zero-order chi connectivity index (χ0) is 8.10. The molecule has 0 unspecified atom stereocenters. The summed E-state index contributed by atoms with van der Waals surface area (Å²) in [6.45, 7) is 5.70. The summed E-state index contributed by atoms with van der Waals surface area (Å²) < 4.78 is 0. The second-order valence-electron chi connectivity index (χ2n) is 2.32. The van der Waals surface area contributed by atoms with Crippen molar-refractivity contribution < 1.29 is 0 Å². The molecule has 0 aliphatic carbocycles. The van der Waals surface area contributed by atoms with Crippen molar-refractivity contribution in [1.29, 1.82) is 0 Å². The molecule has 0 spiro atoms. The Bertz CT molecular complexity index is 345. The van der Waals surface area contributed by atoms with Gasteiger partial charge in [-0.15, -0.1) is 0 Å². The second kappa shape index (κ2) is 5.36. The van der Waals surface area contributed by atoms with E-state index in [9.17, 15) is 0 Å². The van der Waals surface area contributed by atoms with Gasteiger partial charge in [-0.1, -0.05) is 56.5 Å². The normalized spacial score (nSPS) is 12.4. The topological polar surface area (TPSA) is 0 Å². The van der Waals surface area contributed by atoms with Crippen LogP contribution in [0.15, 0.2) is 36.9 Å². The van der Waals surface area contributed by atoms with Gasteiger partial charge in [-0.2, -0.15) is 0 Å². The highest BCUT2D eigenvalue weighted by atomic mass is 13.8. The molecule has 0 fully saturated rings. The lowest BCUT2D eigenvalue weighted by molar-refractivity contribution is 1.51. The standard InChI is InChI=1S/C11H12.CH4/c1-3-7-11-9-6-5-8-10(11)4-2;/h3-9H,1H2,2H3;1H4/b10-4-,11-7-;. The van der Waals surface area contributed by atoms with Crippen LogP contribution >= 0.6 is 0 Å². The van der Waals surface area contributed by atoms with Gasteiger partial charge >= 0.3 is 0 Å². The maximum Gasteiger partial charge on any atom is -0.0188 e. The first kappa shape index (κ1) is 10.7. The summed E-state index contributed by atoms with van der Waals surface area (Å²) in [6, 6.07) is 8.24. The summed E-state index contributed by atoms with van der Waals surface area (Å²) >= 11 is 0. The maximum absolute atomic E-state index is 3.66. The molecule has 0 amide bonds. The minimum atomic E-state index is 0. The fourth-order valence-electron chi connectivity index (χ4n) is 1.05. The Morgan fingerprint density at radius 1 is 1.17 bits per heavy atom. The number of allylic oxidation sites excluding steroid dienone is 1. The molecule has 0 N–H and O–H groups in total. The van der Waals surface area contributed by atoms with Crippen molar-refractivity contribution in [2.75, 3.05) is 0 Å². The molecule has 1 aromatic carbocycles.